The van der Waals surface area contributed by atoms with Crippen LogP contribution in [0.15, 0.2) is 71.8 Å². The fourth-order valence-electron chi connectivity index (χ4n) is 3.35. The highest BCUT2D eigenvalue weighted by atomic mass is 32.1. The molecule has 1 aliphatic rings. The molecule has 1 heterocycles. The largest absolute Gasteiger partial charge is 0.497 e. The average molecular weight is 521 g/mol. The predicted molar refractivity (Wildman–Crippen MR) is 141 cm³/mol. The summed E-state index contributed by atoms with van der Waals surface area (Å²) in [7, 11) is 1.57. The molecule has 0 atom stereocenters. The number of non-ortho nitro benzene ring substituents is 1. The van der Waals surface area contributed by atoms with Gasteiger partial charge < -0.3 is 20.1 Å². The number of carbonyl (C=O) groups excluding carboxylic acids is 2. The highest BCUT2D eigenvalue weighted by Gasteiger charge is 2.29. The van der Waals surface area contributed by atoms with Gasteiger partial charge >= 0.3 is 6.03 Å². The van der Waals surface area contributed by atoms with E-state index < -0.39 is 11.0 Å². The van der Waals surface area contributed by atoms with Gasteiger partial charge in [-0.15, -0.1) is 0 Å². The zero-order valence-corrected chi connectivity index (χ0v) is 20.2. The number of nitrogens with zero attached hydrogens (tertiary/aromatic N) is 3. The number of nitrogens with one attached hydrogen (secondary N) is 3. The molecule has 4 rings (SSSR count). The van der Waals surface area contributed by atoms with Gasteiger partial charge in [0.25, 0.3) is 11.6 Å². The first kappa shape index (κ1) is 25.1. The fourth-order valence-corrected chi connectivity index (χ4v) is 3.67. The predicted octanol–water partition coefficient (Wildman–Crippen LogP) is 3.88. The van der Waals surface area contributed by atoms with Crippen LogP contribution in [0, 0.1) is 10.1 Å². The maximum Gasteiger partial charge on any atom is 0.339 e. The summed E-state index contributed by atoms with van der Waals surface area (Å²) in [6.07, 6.45) is 1.28. The number of nitro benzene ring substituents is 1. The lowest BCUT2D eigenvalue weighted by atomic mass is 10.2. The number of nitro groups is 1. The highest BCUT2D eigenvalue weighted by molar-refractivity contribution is 7.80. The number of anilines is 3. The van der Waals surface area contributed by atoms with Crippen LogP contribution in [0.1, 0.15) is 5.56 Å². The Morgan fingerprint density at radius 1 is 1.14 bits per heavy atom. The summed E-state index contributed by atoms with van der Waals surface area (Å²) in [6, 6.07) is 16.9. The first-order valence-electron chi connectivity index (χ1n) is 10.7. The number of hydrogen-bond acceptors (Lipinski definition) is 8. The molecule has 3 aromatic carbocycles. The highest BCUT2D eigenvalue weighted by Crippen LogP contribution is 2.35. The molecular weight excluding hydrogens is 500 g/mol. The minimum Gasteiger partial charge on any atom is -0.497 e. The Morgan fingerprint density at radius 3 is 2.62 bits per heavy atom. The molecule has 0 unspecified atom stereocenters. The van der Waals surface area contributed by atoms with Gasteiger partial charge in [-0.1, -0.05) is 12.1 Å². The number of thiocarbonyl (C=S) groups is 1. The minimum absolute atomic E-state index is 0.0892. The van der Waals surface area contributed by atoms with E-state index >= 15 is 0 Å². The first-order valence-corrected chi connectivity index (χ1v) is 11.1. The smallest absolute Gasteiger partial charge is 0.339 e. The number of methoxy groups -OCH3 is 1. The molecule has 188 valence electrons. The minimum atomic E-state index is -0.651. The standard InChI is InChI=1S/C24H20N6O6S/c1-35-19-8-5-16(6-9-19)27-24(37)29-20-10-7-17(12-21(20)36-14-22(29)31)26-23(32)28-25-13-15-3-2-4-18(11-15)30(33)34/h2-13H,14H2,1H3,(H,27,37)(H2,26,28,32)/b25-13+. The van der Waals surface area contributed by atoms with Gasteiger partial charge in [-0.05, 0) is 48.6 Å². The van der Waals surface area contributed by atoms with E-state index in [0.29, 0.717) is 34.1 Å². The van der Waals surface area contributed by atoms with Crippen LogP contribution in [0.3, 0.4) is 0 Å². The van der Waals surface area contributed by atoms with Gasteiger partial charge in [0.05, 0.1) is 23.9 Å². The summed E-state index contributed by atoms with van der Waals surface area (Å²) in [4.78, 5) is 36.5. The molecule has 0 saturated heterocycles. The molecule has 0 aliphatic carbocycles. The second-order valence-corrected chi connectivity index (χ2v) is 7.92. The van der Waals surface area contributed by atoms with Gasteiger partial charge in [-0.2, -0.15) is 5.10 Å². The van der Waals surface area contributed by atoms with Gasteiger partial charge in [-0.25, -0.2) is 10.2 Å². The molecule has 3 aromatic rings. The number of hydrogen-bond donors (Lipinski definition) is 3. The Kier molecular flexibility index (Phi) is 7.54. The van der Waals surface area contributed by atoms with Crippen molar-refractivity contribution in [2.75, 3.05) is 29.3 Å². The summed E-state index contributed by atoms with van der Waals surface area (Å²) in [5.74, 6) is 0.673. The van der Waals surface area contributed by atoms with E-state index in [9.17, 15) is 19.7 Å². The lowest BCUT2D eigenvalue weighted by Gasteiger charge is -2.30. The van der Waals surface area contributed by atoms with Crippen LogP contribution >= 0.6 is 12.2 Å². The Hall–Kier alpha value is -5.04. The molecule has 0 spiro atoms. The van der Waals surface area contributed by atoms with E-state index in [1.165, 1.54) is 29.3 Å². The number of urea groups is 1. The Balaban J connectivity index is 1.40. The topological polar surface area (TPSA) is 147 Å². The van der Waals surface area contributed by atoms with Crippen LogP contribution < -0.4 is 30.4 Å². The van der Waals surface area contributed by atoms with Crippen LogP contribution in [0.2, 0.25) is 0 Å². The van der Waals surface area contributed by atoms with E-state index in [-0.39, 0.29) is 23.3 Å². The van der Waals surface area contributed by atoms with Crippen molar-refractivity contribution < 1.29 is 24.0 Å². The SMILES string of the molecule is COc1ccc(NC(=S)N2C(=O)COc3cc(NC(=O)N/N=C/c4cccc([N+](=O)[O-])c4)ccc32)cc1. The monoisotopic (exact) mass is 520 g/mol. The van der Waals surface area contributed by atoms with Crippen molar-refractivity contribution in [2.24, 2.45) is 5.10 Å². The average Bonchev–Trinajstić information content (AvgIpc) is 2.89. The molecular formula is C24H20N6O6S. The van der Waals surface area contributed by atoms with Crippen molar-refractivity contribution >= 4 is 58.2 Å². The van der Waals surface area contributed by atoms with Crippen LogP contribution in [0.4, 0.5) is 27.5 Å². The van der Waals surface area contributed by atoms with Crippen molar-refractivity contribution in [1.82, 2.24) is 5.43 Å². The molecule has 13 heteroatoms. The first-order chi connectivity index (χ1) is 17.8. The van der Waals surface area contributed by atoms with Crippen molar-refractivity contribution in [1.29, 1.82) is 0 Å². The number of benzene rings is 3. The third-order valence-corrected chi connectivity index (χ3v) is 5.35. The van der Waals surface area contributed by atoms with Crippen LogP contribution in [-0.4, -0.2) is 41.9 Å². The number of hydrazone groups is 1. The van der Waals surface area contributed by atoms with Crippen molar-refractivity contribution in [3.63, 3.8) is 0 Å². The third kappa shape index (κ3) is 6.15. The molecule has 3 N–H and O–H groups in total. The molecule has 3 amide bonds. The summed E-state index contributed by atoms with van der Waals surface area (Å²) in [6.45, 7) is -0.236. The van der Waals surface area contributed by atoms with Crippen molar-refractivity contribution in [2.45, 2.75) is 0 Å². The molecule has 0 saturated carbocycles. The summed E-state index contributed by atoms with van der Waals surface area (Å²) >= 11 is 5.46. The number of fused-ring (bicyclic) bond motifs is 1. The van der Waals surface area contributed by atoms with Gasteiger partial charge in [-0.3, -0.25) is 19.8 Å². The van der Waals surface area contributed by atoms with Crippen LogP contribution in [0.5, 0.6) is 11.5 Å². The number of ether oxygens (including phenoxy) is 2. The second kappa shape index (κ2) is 11.1. The molecule has 0 aromatic heterocycles. The quantitative estimate of drug-likeness (QED) is 0.192. The van der Waals surface area contributed by atoms with Gasteiger partial charge in [0, 0.05) is 35.1 Å². The van der Waals surface area contributed by atoms with E-state index in [4.69, 9.17) is 21.7 Å². The van der Waals surface area contributed by atoms with Gasteiger partial charge in [0.15, 0.2) is 11.7 Å². The molecule has 0 fully saturated rings. The van der Waals surface area contributed by atoms with E-state index in [2.05, 4.69) is 21.2 Å². The zero-order valence-electron chi connectivity index (χ0n) is 19.3. The zero-order chi connectivity index (χ0) is 26.4. The second-order valence-electron chi connectivity index (χ2n) is 7.54. The third-order valence-electron chi connectivity index (χ3n) is 5.06. The summed E-state index contributed by atoms with van der Waals surface area (Å²) in [5, 5.41) is 20.4. The van der Waals surface area contributed by atoms with Crippen molar-refractivity contribution in [3.05, 3.63) is 82.4 Å². The lowest BCUT2D eigenvalue weighted by molar-refractivity contribution is -0.384. The molecule has 0 bridgehead atoms. The molecule has 37 heavy (non-hydrogen) atoms. The Bertz CT molecular complexity index is 1390. The Morgan fingerprint density at radius 2 is 1.89 bits per heavy atom. The molecule has 0 radical (unpaired) electrons. The number of amides is 3. The maximum atomic E-state index is 12.6. The van der Waals surface area contributed by atoms with Crippen LogP contribution in [0.25, 0.3) is 0 Å². The van der Waals surface area contributed by atoms with E-state index in [1.54, 1.807) is 55.6 Å². The normalized spacial score (nSPS) is 12.4. The fraction of sp³-hybridized carbons (Fsp3) is 0.0833. The molecule has 1 aliphatic heterocycles. The number of rotatable bonds is 6. The van der Waals surface area contributed by atoms with Crippen LogP contribution in [-0.2, 0) is 4.79 Å². The number of carbonyl (C=O) groups is 2. The molecule has 12 nitrogen and oxygen atoms in total. The maximum absolute atomic E-state index is 12.6. The van der Waals surface area contributed by atoms with Gasteiger partial charge in [0.2, 0.25) is 0 Å². The Labute approximate surface area is 216 Å². The van der Waals surface area contributed by atoms with E-state index in [1.807, 2.05) is 0 Å². The lowest BCUT2D eigenvalue weighted by Crippen LogP contribution is -2.45. The summed E-state index contributed by atoms with van der Waals surface area (Å²) in [5.41, 5.74) is 4.11. The van der Waals surface area contributed by atoms with Crippen molar-refractivity contribution in [3.8, 4) is 11.5 Å². The van der Waals surface area contributed by atoms with Gasteiger partial charge in [0.1, 0.15) is 11.5 Å². The summed E-state index contributed by atoms with van der Waals surface area (Å²) < 4.78 is 10.7. The van der Waals surface area contributed by atoms with E-state index in [0.717, 1.165) is 0 Å².